The number of phenolic OH excluding ortho intramolecular Hbond substituents is 2. The van der Waals surface area contributed by atoms with E-state index in [-0.39, 0.29) is 23.8 Å². The van der Waals surface area contributed by atoms with Crippen LogP contribution in [0.5, 0.6) is 17.2 Å². The van der Waals surface area contributed by atoms with Crippen molar-refractivity contribution in [3.8, 4) is 17.2 Å². The highest BCUT2D eigenvalue weighted by Gasteiger charge is 2.44. The highest BCUT2D eigenvalue weighted by Crippen LogP contribution is 2.37. The molecule has 160 valence electrons. The molecule has 1 saturated heterocycles. The van der Waals surface area contributed by atoms with Gasteiger partial charge in [-0.15, -0.1) is 0 Å². The van der Waals surface area contributed by atoms with E-state index < -0.39 is 31.1 Å². The molecule has 1 aromatic carbocycles. The number of nitrogens with one attached hydrogen (secondary N) is 1. The van der Waals surface area contributed by atoms with Gasteiger partial charge in [0, 0.05) is 6.54 Å². The monoisotopic (exact) mass is 419 g/mol. The van der Waals surface area contributed by atoms with Gasteiger partial charge in [0.15, 0.2) is 34.7 Å². The van der Waals surface area contributed by atoms with E-state index in [9.17, 15) is 25.5 Å². The Morgan fingerprint density at radius 2 is 1.87 bits per heavy atom. The maximum Gasteiger partial charge on any atom is 0.202 e. The van der Waals surface area contributed by atoms with Crippen LogP contribution in [0.3, 0.4) is 0 Å². The summed E-state index contributed by atoms with van der Waals surface area (Å²) in [4.78, 5) is 12.6. The topological polar surface area (TPSA) is 175 Å². The maximum absolute atomic E-state index is 10.3. The summed E-state index contributed by atoms with van der Waals surface area (Å²) >= 11 is 0. The summed E-state index contributed by atoms with van der Waals surface area (Å²) in [5.41, 5.74) is 1.31. The van der Waals surface area contributed by atoms with Crippen LogP contribution in [0.4, 0.5) is 5.82 Å². The molecule has 0 saturated carbocycles. The Labute approximate surface area is 170 Å². The minimum Gasteiger partial charge on any atom is -0.504 e. The molecule has 6 N–H and O–H groups in total. The number of aliphatic hydroxyl groups excluding tert-OH is 3. The maximum atomic E-state index is 10.3. The van der Waals surface area contributed by atoms with Crippen LogP contribution in [0.2, 0.25) is 0 Å². The predicted molar refractivity (Wildman–Crippen MR) is 102 cm³/mol. The van der Waals surface area contributed by atoms with Crippen molar-refractivity contribution in [2.24, 2.45) is 0 Å². The molecule has 30 heavy (non-hydrogen) atoms. The third-order valence-electron chi connectivity index (χ3n) is 4.92. The van der Waals surface area contributed by atoms with E-state index >= 15 is 0 Å². The number of phenols is 2. The number of anilines is 1. The van der Waals surface area contributed by atoms with Gasteiger partial charge in [-0.2, -0.15) is 0 Å². The van der Waals surface area contributed by atoms with E-state index in [4.69, 9.17) is 9.47 Å². The third kappa shape index (κ3) is 3.35. The fraction of sp³-hybridized carbons (Fsp3) is 0.389. The Balaban J connectivity index is 1.59. The number of rotatable bonds is 6. The van der Waals surface area contributed by atoms with Crippen molar-refractivity contribution in [2.45, 2.75) is 31.1 Å². The number of aromatic hydroxyl groups is 2. The lowest BCUT2D eigenvalue weighted by Gasteiger charge is -2.16. The van der Waals surface area contributed by atoms with Crippen molar-refractivity contribution >= 4 is 17.0 Å². The van der Waals surface area contributed by atoms with Crippen LogP contribution in [0.25, 0.3) is 11.2 Å². The molecule has 12 heteroatoms. The molecule has 1 unspecified atom stereocenters. The predicted octanol–water partition coefficient (Wildman–Crippen LogP) is -0.530. The van der Waals surface area contributed by atoms with Gasteiger partial charge >= 0.3 is 0 Å². The highest BCUT2D eigenvalue weighted by atomic mass is 16.6. The molecular formula is C18H21N5O7. The Morgan fingerprint density at radius 3 is 2.50 bits per heavy atom. The summed E-state index contributed by atoms with van der Waals surface area (Å²) < 4.78 is 11.9. The Morgan fingerprint density at radius 1 is 1.13 bits per heavy atom. The van der Waals surface area contributed by atoms with Crippen LogP contribution in [0.1, 0.15) is 11.8 Å². The Bertz CT molecular complexity index is 1040. The van der Waals surface area contributed by atoms with Gasteiger partial charge in [0.05, 0.1) is 20.0 Å². The largest absolute Gasteiger partial charge is 0.504 e. The number of benzene rings is 1. The summed E-state index contributed by atoms with van der Waals surface area (Å²) in [6, 6.07) is 2.89. The lowest BCUT2D eigenvalue weighted by molar-refractivity contribution is -0.0511. The second-order valence-corrected chi connectivity index (χ2v) is 6.80. The van der Waals surface area contributed by atoms with E-state index in [1.54, 1.807) is 0 Å². The van der Waals surface area contributed by atoms with Crippen molar-refractivity contribution in [1.82, 2.24) is 19.5 Å². The van der Waals surface area contributed by atoms with E-state index in [0.717, 1.165) is 0 Å². The van der Waals surface area contributed by atoms with E-state index in [1.807, 2.05) is 0 Å². The molecule has 2 aromatic heterocycles. The first-order chi connectivity index (χ1) is 14.4. The van der Waals surface area contributed by atoms with Crippen molar-refractivity contribution in [1.29, 1.82) is 0 Å². The number of aliphatic hydroxyl groups is 3. The number of hydrogen-bond acceptors (Lipinski definition) is 11. The summed E-state index contributed by atoms with van der Waals surface area (Å²) in [5, 5.41) is 52.4. The number of aromatic nitrogens is 4. The fourth-order valence-corrected chi connectivity index (χ4v) is 3.43. The summed E-state index contributed by atoms with van der Waals surface area (Å²) in [6.45, 7) is -0.233. The van der Waals surface area contributed by atoms with E-state index in [0.29, 0.717) is 22.5 Å². The summed E-state index contributed by atoms with van der Waals surface area (Å²) in [7, 11) is 1.34. The van der Waals surface area contributed by atoms with Crippen LogP contribution in [0.15, 0.2) is 24.8 Å². The van der Waals surface area contributed by atoms with Gasteiger partial charge in [-0.3, -0.25) is 4.57 Å². The smallest absolute Gasteiger partial charge is 0.202 e. The first-order valence-corrected chi connectivity index (χ1v) is 9.07. The normalized spacial score (nSPS) is 23.7. The first-order valence-electron chi connectivity index (χ1n) is 9.07. The zero-order valence-electron chi connectivity index (χ0n) is 15.9. The molecule has 12 nitrogen and oxygen atoms in total. The molecule has 4 rings (SSSR count). The van der Waals surface area contributed by atoms with Gasteiger partial charge in [0.2, 0.25) is 5.75 Å². The van der Waals surface area contributed by atoms with Gasteiger partial charge < -0.3 is 40.3 Å². The lowest BCUT2D eigenvalue weighted by Crippen LogP contribution is -2.33. The van der Waals surface area contributed by atoms with Gasteiger partial charge in [0.1, 0.15) is 24.6 Å². The number of imidazole rings is 1. The number of methoxy groups -OCH3 is 1. The summed E-state index contributed by atoms with van der Waals surface area (Å²) in [5.74, 6) is -0.0349. The standard InChI is InChI=1S/C18H21N5O7/c1-29-15-9(25)2-8(3-10(15)26)4-19-16-12-17(21-6-20-16)23(7-22-12)18-14(28)13(27)11(5-24)30-18/h2-3,6-7,11,13-14,18,24-28H,4-5H2,1H3,(H,19,20,21)/t11-,13-,14-,18?/m1/s1. The van der Waals surface area contributed by atoms with Crippen molar-refractivity contribution in [3.63, 3.8) is 0 Å². The van der Waals surface area contributed by atoms with E-state index in [2.05, 4.69) is 20.3 Å². The molecule has 4 atom stereocenters. The number of hydrogen-bond donors (Lipinski definition) is 6. The Hall–Kier alpha value is -3.19. The molecule has 0 spiro atoms. The SMILES string of the molecule is COc1c(O)cc(CNc2ncnc3c2ncn3C2O[C@H](CO)[C@@H](O)[C@H]2O)cc1O. The van der Waals surface area contributed by atoms with Crippen LogP contribution >= 0.6 is 0 Å². The second kappa shape index (κ2) is 7.91. The molecule has 0 bridgehead atoms. The molecule has 1 aliphatic heterocycles. The molecule has 0 amide bonds. The first kappa shape index (κ1) is 20.1. The van der Waals surface area contributed by atoms with Crippen LogP contribution < -0.4 is 10.1 Å². The zero-order chi connectivity index (χ0) is 21.4. The number of fused-ring (bicyclic) bond motifs is 1. The molecular weight excluding hydrogens is 398 g/mol. The number of ether oxygens (including phenoxy) is 2. The molecule has 3 aromatic rings. The average Bonchev–Trinajstić information content (AvgIpc) is 3.28. The molecule has 1 fully saturated rings. The minimum absolute atomic E-state index is 0.0135. The van der Waals surface area contributed by atoms with Crippen molar-refractivity contribution in [2.75, 3.05) is 19.0 Å². The van der Waals surface area contributed by atoms with Gasteiger partial charge in [-0.05, 0) is 17.7 Å². The minimum atomic E-state index is -1.27. The lowest BCUT2D eigenvalue weighted by atomic mass is 10.1. The average molecular weight is 419 g/mol. The zero-order valence-corrected chi connectivity index (χ0v) is 15.9. The van der Waals surface area contributed by atoms with Crippen molar-refractivity contribution in [3.05, 3.63) is 30.4 Å². The highest BCUT2D eigenvalue weighted by molar-refractivity contribution is 5.82. The molecule has 0 radical (unpaired) electrons. The second-order valence-electron chi connectivity index (χ2n) is 6.80. The molecule has 0 aliphatic carbocycles. The molecule has 1 aliphatic rings. The van der Waals surface area contributed by atoms with Gasteiger partial charge in [-0.1, -0.05) is 0 Å². The van der Waals surface area contributed by atoms with Crippen LogP contribution in [0, 0.1) is 0 Å². The summed E-state index contributed by atoms with van der Waals surface area (Å²) in [6.07, 6.45) is -1.70. The van der Waals surface area contributed by atoms with E-state index in [1.165, 1.54) is 36.5 Å². The fourth-order valence-electron chi connectivity index (χ4n) is 3.43. The quantitative estimate of drug-likeness (QED) is 0.303. The van der Waals surface area contributed by atoms with Crippen LogP contribution in [-0.2, 0) is 11.3 Å². The number of nitrogens with zero attached hydrogens (tertiary/aromatic N) is 4. The van der Waals surface area contributed by atoms with Crippen molar-refractivity contribution < 1.29 is 35.0 Å². The van der Waals surface area contributed by atoms with Gasteiger partial charge in [0.25, 0.3) is 0 Å². The third-order valence-corrected chi connectivity index (χ3v) is 4.92. The van der Waals surface area contributed by atoms with Crippen LogP contribution in [-0.4, -0.2) is 77.1 Å². The molecule has 3 heterocycles. The van der Waals surface area contributed by atoms with Gasteiger partial charge in [-0.25, -0.2) is 15.0 Å². The Kier molecular flexibility index (Phi) is 5.30.